The number of benzene rings is 1. The SMILES string of the molecule is CCCn1cccc1CNCc1ccccc1COCC. The zero-order valence-electron chi connectivity index (χ0n) is 13.1. The lowest BCUT2D eigenvalue weighted by Gasteiger charge is -2.12. The Labute approximate surface area is 127 Å². The van der Waals surface area contributed by atoms with Crippen molar-refractivity contribution in [3.63, 3.8) is 0 Å². The van der Waals surface area contributed by atoms with Crippen LogP contribution in [0.1, 0.15) is 37.1 Å². The summed E-state index contributed by atoms with van der Waals surface area (Å²) >= 11 is 0. The number of aromatic nitrogens is 1. The molecule has 0 fully saturated rings. The van der Waals surface area contributed by atoms with Gasteiger partial charge in [-0.25, -0.2) is 0 Å². The lowest BCUT2D eigenvalue weighted by molar-refractivity contribution is 0.133. The first kappa shape index (κ1) is 15.8. The largest absolute Gasteiger partial charge is 0.377 e. The molecule has 0 bridgehead atoms. The van der Waals surface area contributed by atoms with Gasteiger partial charge in [0.05, 0.1) is 6.61 Å². The standard InChI is InChI=1S/C18H26N2O/c1-3-11-20-12-7-10-18(20)14-19-13-16-8-5-6-9-17(16)15-21-4-2/h5-10,12,19H,3-4,11,13-15H2,1-2H3. The van der Waals surface area contributed by atoms with Gasteiger partial charge in [0.25, 0.3) is 0 Å². The molecule has 0 unspecified atom stereocenters. The van der Waals surface area contributed by atoms with Crippen molar-refractivity contribution in [2.75, 3.05) is 6.61 Å². The Balaban J connectivity index is 1.89. The van der Waals surface area contributed by atoms with E-state index in [1.54, 1.807) is 0 Å². The molecule has 0 radical (unpaired) electrons. The fourth-order valence-electron chi connectivity index (χ4n) is 2.48. The van der Waals surface area contributed by atoms with E-state index in [2.05, 4.69) is 59.4 Å². The Morgan fingerprint density at radius 2 is 1.81 bits per heavy atom. The molecular formula is C18H26N2O. The van der Waals surface area contributed by atoms with Crippen molar-refractivity contribution in [2.45, 2.75) is 46.5 Å². The molecular weight excluding hydrogens is 260 g/mol. The highest BCUT2D eigenvalue weighted by Gasteiger charge is 2.03. The zero-order chi connectivity index (χ0) is 14.9. The quantitative estimate of drug-likeness (QED) is 0.760. The molecule has 0 aliphatic carbocycles. The summed E-state index contributed by atoms with van der Waals surface area (Å²) in [5.74, 6) is 0. The van der Waals surface area contributed by atoms with Gasteiger partial charge < -0.3 is 14.6 Å². The van der Waals surface area contributed by atoms with E-state index in [0.717, 1.165) is 26.2 Å². The van der Waals surface area contributed by atoms with Gasteiger partial charge in [-0.05, 0) is 36.6 Å². The summed E-state index contributed by atoms with van der Waals surface area (Å²) in [6, 6.07) is 12.8. The number of nitrogens with zero attached hydrogens (tertiary/aromatic N) is 1. The third kappa shape index (κ3) is 4.73. The summed E-state index contributed by atoms with van der Waals surface area (Å²) < 4.78 is 7.85. The van der Waals surface area contributed by atoms with Gasteiger partial charge in [0.2, 0.25) is 0 Å². The number of aryl methyl sites for hydroxylation is 1. The molecule has 0 atom stereocenters. The molecule has 1 aromatic heterocycles. The van der Waals surface area contributed by atoms with Gasteiger partial charge in [0, 0.05) is 38.1 Å². The predicted molar refractivity (Wildman–Crippen MR) is 87.0 cm³/mol. The van der Waals surface area contributed by atoms with Crippen LogP contribution in [0.15, 0.2) is 42.6 Å². The topological polar surface area (TPSA) is 26.2 Å². The van der Waals surface area contributed by atoms with E-state index in [9.17, 15) is 0 Å². The minimum atomic E-state index is 0.695. The fraction of sp³-hybridized carbons (Fsp3) is 0.444. The third-order valence-electron chi connectivity index (χ3n) is 3.59. The summed E-state index contributed by atoms with van der Waals surface area (Å²) in [4.78, 5) is 0. The van der Waals surface area contributed by atoms with E-state index in [1.807, 2.05) is 6.92 Å². The molecule has 3 heteroatoms. The Bertz CT molecular complexity index is 534. The van der Waals surface area contributed by atoms with Crippen LogP contribution in [0, 0.1) is 0 Å². The smallest absolute Gasteiger partial charge is 0.0719 e. The number of rotatable bonds is 9. The van der Waals surface area contributed by atoms with E-state index in [-0.39, 0.29) is 0 Å². The van der Waals surface area contributed by atoms with Crippen molar-refractivity contribution >= 4 is 0 Å². The maximum Gasteiger partial charge on any atom is 0.0719 e. The van der Waals surface area contributed by atoms with Gasteiger partial charge in [-0.2, -0.15) is 0 Å². The van der Waals surface area contributed by atoms with E-state index >= 15 is 0 Å². The number of hydrogen-bond acceptors (Lipinski definition) is 2. The third-order valence-corrected chi connectivity index (χ3v) is 3.59. The number of nitrogens with one attached hydrogen (secondary N) is 1. The molecule has 1 aromatic carbocycles. The average molecular weight is 286 g/mol. The van der Waals surface area contributed by atoms with Crippen LogP contribution < -0.4 is 5.32 Å². The first-order valence-corrected chi connectivity index (χ1v) is 7.84. The molecule has 0 saturated carbocycles. The Morgan fingerprint density at radius 3 is 2.57 bits per heavy atom. The predicted octanol–water partition coefficient (Wildman–Crippen LogP) is 3.72. The molecule has 2 aromatic rings. The molecule has 0 saturated heterocycles. The summed E-state index contributed by atoms with van der Waals surface area (Å²) in [7, 11) is 0. The average Bonchev–Trinajstić information content (AvgIpc) is 2.94. The minimum absolute atomic E-state index is 0.695. The first-order chi connectivity index (χ1) is 10.3. The lowest BCUT2D eigenvalue weighted by atomic mass is 10.1. The molecule has 114 valence electrons. The van der Waals surface area contributed by atoms with Gasteiger partial charge in [-0.15, -0.1) is 0 Å². The lowest BCUT2D eigenvalue weighted by Crippen LogP contribution is -2.16. The van der Waals surface area contributed by atoms with Crippen LogP contribution in [0.5, 0.6) is 0 Å². The summed E-state index contributed by atoms with van der Waals surface area (Å²) in [5, 5.41) is 3.54. The van der Waals surface area contributed by atoms with E-state index < -0.39 is 0 Å². The summed E-state index contributed by atoms with van der Waals surface area (Å²) in [6.07, 6.45) is 3.32. The van der Waals surface area contributed by atoms with Crippen molar-refractivity contribution in [3.05, 3.63) is 59.4 Å². The normalized spacial score (nSPS) is 11.0. The van der Waals surface area contributed by atoms with Crippen LogP contribution in [-0.4, -0.2) is 11.2 Å². The molecule has 1 N–H and O–H groups in total. The van der Waals surface area contributed by atoms with Gasteiger partial charge >= 0.3 is 0 Å². The highest BCUT2D eigenvalue weighted by molar-refractivity contribution is 5.26. The van der Waals surface area contributed by atoms with Gasteiger partial charge in [-0.1, -0.05) is 31.2 Å². The minimum Gasteiger partial charge on any atom is -0.377 e. The second-order valence-corrected chi connectivity index (χ2v) is 5.20. The van der Waals surface area contributed by atoms with Crippen LogP contribution in [0.25, 0.3) is 0 Å². The van der Waals surface area contributed by atoms with E-state index in [0.29, 0.717) is 6.61 Å². The van der Waals surface area contributed by atoms with Crippen molar-refractivity contribution in [1.82, 2.24) is 9.88 Å². The highest BCUT2D eigenvalue weighted by Crippen LogP contribution is 2.11. The molecule has 0 aliphatic heterocycles. The molecule has 0 spiro atoms. The van der Waals surface area contributed by atoms with E-state index in [1.165, 1.54) is 23.2 Å². The van der Waals surface area contributed by atoms with Gasteiger partial charge in [-0.3, -0.25) is 0 Å². The zero-order valence-corrected chi connectivity index (χ0v) is 13.1. The van der Waals surface area contributed by atoms with Crippen LogP contribution in [0.3, 0.4) is 0 Å². The first-order valence-electron chi connectivity index (χ1n) is 7.84. The number of hydrogen-bond donors (Lipinski definition) is 1. The van der Waals surface area contributed by atoms with Crippen molar-refractivity contribution in [3.8, 4) is 0 Å². The fourth-order valence-corrected chi connectivity index (χ4v) is 2.48. The molecule has 0 aliphatic rings. The Hall–Kier alpha value is -1.58. The second-order valence-electron chi connectivity index (χ2n) is 5.20. The Kier molecular flexibility index (Phi) is 6.51. The Morgan fingerprint density at radius 1 is 1.00 bits per heavy atom. The van der Waals surface area contributed by atoms with Gasteiger partial charge in [0.1, 0.15) is 0 Å². The van der Waals surface area contributed by atoms with Crippen LogP contribution in [0.2, 0.25) is 0 Å². The molecule has 1 heterocycles. The van der Waals surface area contributed by atoms with Crippen LogP contribution in [0.4, 0.5) is 0 Å². The maximum absolute atomic E-state index is 5.53. The summed E-state index contributed by atoms with van der Waals surface area (Å²) in [6.45, 7) is 8.55. The van der Waals surface area contributed by atoms with E-state index in [4.69, 9.17) is 4.74 Å². The monoisotopic (exact) mass is 286 g/mol. The van der Waals surface area contributed by atoms with Crippen molar-refractivity contribution < 1.29 is 4.74 Å². The second kappa shape index (κ2) is 8.65. The molecule has 2 rings (SSSR count). The van der Waals surface area contributed by atoms with Crippen LogP contribution >= 0.6 is 0 Å². The molecule has 21 heavy (non-hydrogen) atoms. The van der Waals surface area contributed by atoms with Crippen molar-refractivity contribution in [2.24, 2.45) is 0 Å². The molecule has 3 nitrogen and oxygen atoms in total. The summed E-state index contributed by atoms with van der Waals surface area (Å²) in [5.41, 5.74) is 3.94. The molecule has 0 amide bonds. The maximum atomic E-state index is 5.53. The number of ether oxygens (including phenoxy) is 1. The van der Waals surface area contributed by atoms with Crippen molar-refractivity contribution in [1.29, 1.82) is 0 Å². The van der Waals surface area contributed by atoms with Gasteiger partial charge in [0.15, 0.2) is 0 Å². The van der Waals surface area contributed by atoms with Crippen LogP contribution in [-0.2, 0) is 31.0 Å². The highest BCUT2D eigenvalue weighted by atomic mass is 16.5.